The molecule has 1 heterocycles. The lowest BCUT2D eigenvalue weighted by Crippen LogP contribution is -2.24. The minimum absolute atomic E-state index is 0.256. The van der Waals surface area contributed by atoms with Crippen LogP contribution in [0.2, 0.25) is 0 Å². The second-order valence-electron chi connectivity index (χ2n) is 5.77. The highest BCUT2D eigenvalue weighted by Gasteiger charge is 2.30. The molecule has 6 nitrogen and oxygen atoms in total. The second kappa shape index (κ2) is 8.28. The molecule has 0 fully saturated rings. The lowest BCUT2D eigenvalue weighted by molar-refractivity contribution is -0.150. The Morgan fingerprint density at radius 1 is 1.29 bits per heavy atom. The molecule has 24 heavy (non-hydrogen) atoms. The van der Waals surface area contributed by atoms with Gasteiger partial charge in [-0.05, 0) is 37.7 Å². The third-order valence-corrected chi connectivity index (χ3v) is 5.31. The van der Waals surface area contributed by atoms with E-state index in [2.05, 4.69) is 17.0 Å². The van der Waals surface area contributed by atoms with Crippen LogP contribution in [0.1, 0.15) is 53.9 Å². The van der Waals surface area contributed by atoms with Gasteiger partial charge in [0.05, 0.1) is 19.3 Å². The summed E-state index contributed by atoms with van der Waals surface area (Å²) in [5.41, 5.74) is 1.34. The van der Waals surface area contributed by atoms with E-state index >= 15 is 0 Å². The van der Waals surface area contributed by atoms with E-state index in [1.807, 2.05) is 0 Å². The summed E-state index contributed by atoms with van der Waals surface area (Å²) >= 11 is 1.36. The van der Waals surface area contributed by atoms with E-state index in [9.17, 15) is 14.4 Å². The molecule has 0 aromatic carbocycles. The fourth-order valence-corrected chi connectivity index (χ4v) is 4.41. The standard InChI is InChI=1S/C17H23NO5S/c1-4-6-10-7-8-11-12(9-10)24-15(13(11)16(20)23-5-2)18-14(19)17(21)22-3/h10H,4-9H2,1-3H3,(H,18,19). The van der Waals surface area contributed by atoms with Crippen LogP contribution >= 0.6 is 11.3 Å². The molecule has 0 saturated heterocycles. The lowest BCUT2D eigenvalue weighted by atomic mass is 9.84. The predicted molar refractivity (Wildman–Crippen MR) is 91.3 cm³/mol. The molecule has 1 unspecified atom stereocenters. The first-order valence-corrected chi connectivity index (χ1v) is 9.04. The first-order valence-electron chi connectivity index (χ1n) is 8.22. The Morgan fingerprint density at radius 2 is 2.04 bits per heavy atom. The van der Waals surface area contributed by atoms with E-state index in [0.717, 1.165) is 49.7 Å². The van der Waals surface area contributed by atoms with Gasteiger partial charge in [0.25, 0.3) is 0 Å². The van der Waals surface area contributed by atoms with Crippen LogP contribution in [0.25, 0.3) is 0 Å². The third-order valence-electron chi connectivity index (χ3n) is 4.14. The van der Waals surface area contributed by atoms with Crippen LogP contribution in [0, 0.1) is 5.92 Å². The molecule has 7 heteroatoms. The molecule has 0 aliphatic heterocycles. The summed E-state index contributed by atoms with van der Waals surface area (Å²) in [7, 11) is 1.14. The summed E-state index contributed by atoms with van der Waals surface area (Å²) in [5.74, 6) is -1.73. The van der Waals surface area contributed by atoms with Crippen molar-refractivity contribution in [3.63, 3.8) is 0 Å². The van der Waals surface area contributed by atoms with E-state index < -0.39 is 17.8 Å². The van der Waals surface area contributed by atoms with Crippen molar-refractivity contribution in [2.75, 3.05) is 19.0 Å². The average molecular weight is 353 g/mol. The smallest absolute Gasteiger partial charge is 0.396 e. The van der Waals surface area contributed by atoms with Gasteiger partial charge in [0, 0.05) is 4.88 Å². The highest BCUT2D eigenvalue weighted by molar-refractivity contribution is 7.17. The molecule has 1 aliphatic carbocycles. The molecule has 1 aromatic rings. The van der Waals surface area contributed by atoms with Crippen LogP contribution in [-0.2, 0) is 31.9 Å². The highest BCUT2D eigenvalue weighted by Crippen LogP contribution is 2.41. The summed E-state index contributed by atoms with van der Waals surface area (Å²) < 4.78 is 9.56. The van der Waals surface area contributed by atoms with Crippen LogP contribution < -0.4 is 5.32 Å². The number of ether oxygens (including phenoxy) is 2. The van der Waals surface area contributed by atoms with E-state index in [1.54, 1.807) is 6.92 Å². The molecule has 0 bridgehead atoms. The van der Waals surface area contributed by atoms with Crippen LogP contribution in [0.3, 0.4) is 0 Å². The molecule has 1 aliphatic rings. The minimum atomic E-state index is -0.986. The maximum Gasteiger partial charge on any atom is 0.396 e. The number of anilines is 1. The monoisotopic (exact) mass is 353 g/mol. The summed E-state index contributed by atoms with van der Waals surface area (Å²) in [5, 5.41) is 2.89. The van der Waals surface area contributed by atoms with Gasteiger partial charge < -0.3 is 14.8 Å². The maximum absolute atomic E-state index is 12.3. The van der Waals surface area contributed by atoms with Gasteiger partial charge in [-0.3, -0.25) is 4.79 Å². The highest BCUT2D eigenvalue weighted by atomic mass is 32.1. The average Bonchev–Trinajstić information content (AvgIpc) is 2.91. The number of rotatable bonds is 5. The van der Waals surface area contributed by atoms with Crippen LogP contribution in [0.4, 0.5) is 5.00 Å². The SMILES string of the molecule is CCCC1CCc2c(sc(NC(=O)C(=O)OC)c2C(=O)OCC)C1. The van der Waals surface area contributed by atoms with Gasteiger partial charge in [-0.15, -0.1) is 11.3 Å². The molecule has 1 amide bonds. The number of hydrogen-bond acceptors (Lipinski definition) is 6. The fraction of sp³-hybridized carbons (Fsp3) is 0.588. The van der Waals surface area contributed by atoms with Crippen molar-refractivity contribution in [1.29, 1.82) is 0 Å². The number of carbonyl (C=O) groups excluding carboxylic acids is 3. The van der Waals surface area contributed by atoms with Gasteiger partial charge in [-0.25, -0.2) is 9.59 Å². The number of thiophene rings is 1. The van der Waals surface area contributed by atoms with E-state index in [4.69, 9.17) is 4.74 Å². The lowest BCUT2D eigenvalue weighted by Gasteiger charge is -2.21. The first kappa shape index (κ1) is 18.4. The summed E-state index contributed by atoms with van der Waals surface area (Å²) in [6.07, 6.45) is 4.99. The minimum Gasteiger partial charge on any atom is -0.462 e. The molecule has 2 rings (SSSR count). The number of nitrogens with one attached hydrogen (secondary N) is 1. The molecule has 1 N–H and O–H groups in total. The topological polar surface area (TPSA) is 81.7 Å². The quantitative estimate of drug-likeness (QED) is 0.650. The van der Waals surface area contributed by atoms with E-state index in [1.165, 1.54) is 11.3 Å². The third kappa shape index (κ3) is 3.95. The van der Waals surface area contributed by atoms with Crippen LogP contribution in [-0.4, -0.2) is 31.6 Å². The normalized spacial score (nSPS) is 16.2. The summed E-state index contributed by atoms with van der Waals surface area (Å²) in [4.78, 5) is 36.6. The fourth-order valence-electron chi connectivity index (χ4n) is 3.06. The largest absolute Gasteiger partial charge is 0.462 e. The van der Waals surface area contributed by atoms with Gasteiger partial charge >= 0.3 is 17.8 Å². The van der Waals surface area contributed by atoms with Crippen molar-refractivity contribution in [1.82, 2.24) is 0 Å². The molecule has 1 aromatic heterocycles. The van der Waals surface area contributed by atoms with Crippen molar-refractivity contribution in [3.8, 4) is 0 Å². The van der Waals surface area contributed by atoms with Crippen LogP contribution in [0.5, 0.6) is 0 Å². The van der Waals surface area contributed by atoms with Crippen molar-refractivity contribution in [2.24, 2.45) is 5.92 Å². The van der Waals surface area contributed by atoms with Gasteiger partial charge in [-0.2, -0.15) is 0 Å². The Kier molecular flexibility index (Phi) is 6.36. The molecule has 132 valence electrons. The zero-order valence-electron chi connectivity index (χ0n) is 14.3. The van der Waals surface area contributed by atoms with Crippen molar-refractivity contribution in [2.45, 2.75) is 46.0 Å². The van der Waals surface area contributed by atoms with Crippen LogP contribution in [0.15, 0.2) is 0 Å². The van der Waals surface area contributed by atoms with Crippen molar-refractivity contribution in [3.05, 3.63) is 16.0 Å². The number of fused-ring (bicyclic) bond motifs is 1. The summed E-state index contributed by atoms with van der Waals surface area (Å²) in [6.45, 7) is 4.16. The molecule has 0 radical (unpaired) electrons. The van der Waals surface area contributed by atoms with Gasteiger partial charge in [0.2, 0.25) is 0 Å². The van der Waals surface area contributed by atoms with Gasteiger partial charge in [0.1, 0.15) is 5.00 Å². The number of hydrogen-bond donors (Lipinski definition) is 1. The molecular weight excluding hydrogens is 330 g/mol. The first-order chi connectivity index (χ1) is 11.5. The zero-order valence-corrected chi connectivity index (χ0v) is 15.1. The van der Waals surface area contributed by atoms with E-state index in [0.29, 0.717) is 16.5 Å². The Hall–Kier alpha value is -1.89. The van der Waals surface area contributed by atoms with E-state index in [-0.39, 0.29) is 6.61 Å². The Morgan fingerprint density at radius 3 is 2.67 bits per heavy atom. The van der Waals surface area contributed by atoms with Crippen molar-refractivity contribution < 1.29 is 23.9 Å². The van der Waals surface area contributed by atoms with Gasteiger partial charge in [0.15, 0.2) is 0 Å². The zero-order chi connectivity index (χ0) is 17.7. The number of esters is 2. The summed E-state index contributed by atoms with van der Waals surface area (Å²) in [6, 6.07) is 0. The predicted octanol–water partition coefficient (Wildman–Crippen LogP) is 2.94. The molecule has 0 spiro atoms. The Labute approximate surface area is 145 Å². The maximum atomic E-state index is 12.3. The molecule has 1 atom stereocenters. The molecule has 0 saturated carbocycles. The number of methoxy groups -OCH3 is 1. The molecular formula is C17H23NO5S. The number of amides is 1. The second-order valence-corrected chi connectivity index (χ2v) is 6.88. The Bertz CT molecular complexity index is 637. The Balaban J connectivity index is 2.33. The van der Waals surface area contributed by atoms with Crippen molar-refractivity contribution >= 4 is 34.2 Å². The van der Waals surface area contributed by atoms with Gasteiger partial charge in [-0.1, -0.05) is 19.8 Å². The number of carbonyl (C=O) groups is 3.